The third-order valence-corrected chi connectivity index (χ3v) is 5.96. The normalized spacial score (nSPS) is 25.7. The lowest BCUT2D eigenvalue weighted by Gasteiger charge is -2.46. The monoisotopic (exact) mass is 373 g/mol. The molecule has 140 valence electrons. The largest absolute Gasteiger partial charge is 0.364 e. The highest BCUT2D eigenvalue weighted by Crippen LogP contribution is 2.48. The summed E-state index contributed by atoms with van der Waals surface area (Å²) in [6.07, 6.45) is -0.523. The van der Waals surface area contributed by atoms with Gasteiger partial charge in [0, 0.05) is 29.7 Å². The first-order chi connectivity index (χ1) is 13.5. The van der Waals surface area contributed by atoms with Gasteiger partial charge in [-0.3, -0.25) is 14.9 Å². The van der Waals surface area contributed by atoms with Gasteiger partial charge in [0.1, 0.15) is 6.17 Å². The zero-order valence-electron chi connectivity index (χ0n) is 15.5. The number of imide groups is 1. The van der Waals surface area contributed by atoms with Gasteiger partial charge in [0.25, 0.3) is 0 Å². The number of Topliss-reactive ketones (excluding diaryl/α,β-unsaturated/α-hetero) is 1. The van der Waals surface area contributed by atoms with Crippen LogP contribution in [0.15, 0.2) is 54.1 Å². The fourth-order valence-electron chi connectivity index (χ4n) is 4.54. The molecule has 6 nitrogen and oxygen atoms in total. The number of fused-ring (bicyclic) bond motifs is 3. The van der Waals surface area contributed by atoms with Gasteiger partial charge in [-0.2, -0.15) is 0 Å². The molecule has 2 aromatic carbocycles. The molecule has 2 aromatic rings. The maximum Gasteiger partial charge on any atom is 0.325 e. The Morgan fingerprint density at radius 2 is 1.61 bits per heavy atom. The summed E-state index contributed by atoms with van der Waals surface area (Å²) < 4.78 is 0. The van der Waals surface area contributed by atoms with Crippen molar-refractivity contribution in [3.8, 4) is 0 Å². The number of ketones is 1. The molecule has 28 heavy (non-hydrogen) atoms. The van der Waals surface area contributed by atoms with Crippen LogP contribution in [0.2, 0.25) is 0 Å². The lowest BCUT2D eigenvalue weighted by atomic mass is 9.73. The van der Waals surface area contributed by atoms with E-state index in [1.54, 1.807) is 7.05 Å². The Bertz CT molecular complexity index is 1070. The van der Waals surface area contributed by atoms with E-state index in [0.29, 0.717) is 11.1 Å². The first kappa shape index (κ1) is 16.7. The van der Waals surface area contributed by atoms with Crippen molar-refractivity contribution in [2.24, 2.45) is 5.92 Å². The fourth-order valence-corrected chi connectivity index (χ4v) is 4.54. The molecule has 0 radical (unpaired) electrons. The van der Waals surface area contributed by atoms with Crippen LogP contribution in [0.1, 0.15) is 33.0 Å². The molecule has 0 spiro atoms. The Kier molecular flexibility index (Phi) is 3.46. The van der Waals surface area contributed by atoms with Gasteiger partial charge in [0.15, 0.2) is 5.78 Å². The van der Waals surface area contributed by atoms with E-state index >= 15 is 0 Å². The molecule has 3 unspecified atom stereocenters. The van der Waals surface area contributed by atoms with Crippen molar-refractivity contribution in [2.75, 3.05) is 7.05 Å². The van der Waals surface area contributed by atoms with Gasteiger partial charge in [-0.15, -0.1) is 0 Å². The molecule has 5 rings (SSSR count). The van der Waals surface area contributed by atoms with Gasteiger partial charge in [0.2, 0.25) is 5.91 Å². The second-order valence-corrected chi connectivity index (χ2v) is 7.57. The molecule has 2 aliphatic heterocycles. The molecule has 3 amide bonds. The number of hydrogen-bond acceptors (Lipinski definition) is 4. The average molecular weight is 373 g/mol. The van der Waals surface area contributed by atoms with Crippen LogP contribution in [0, 0.1) is 12.8 Å². The zero-order valence-corrected chi connectivity index (χ0v) is 15.5. The predicted octanol–water partition coefficient (Wildman–Crippen LogP) is 2.41. The van der Waals surface area contributed by atoms with E-state index in [9.17, 15) is 14.4 Å². The smallest absolute Gasteiger partial charge is 0.325 e. The Morgan fingerprint density at radius 1 is 0.929 bits per heavy atom. The number of hydrogen-bond donors (Lipinski definition) is 2. The summed E-state index contributed by atoms with van der Waals surface area (Å²) >= 11 is 0. The lowest BCUT2D eigenvalue weighted by molar-refractivity contribution is -0.129. The fraction of sp³-hybridized carbons (Fsp3) is 0.227. The number of amides is 3. The Hall–Kier alpha value is -3.41. The van der Waals surface area contributed by atoms with Crippen molar-refractivity contribution in [3.63, 3.8) is 0 Å². The number of aryl methyl sites for hydroxylation is 1. The first-order valence-corrected chi connectivity index (χ1v) is 9.26. The highest BCUT2D eigenvalue weighted by molar-refractivity contribution is 6.22. The van der Waals surface area contributed by atoms with E-state index in [1.807, 2.05) is 55.5 Å². The Morgan fingerprint density at radius 3 is 2.32 bits per heavy atom. The maximum atomic E-state index is 13.3. The minimum absolute atomic E-state index is 0.0607. The molecule has 2 heterocycles. The average Bonchev–Trinajstić information content (AvgIpc) is 2.98. The summed E-state index contributed by atoms with van der Waals surface area (Å²) in [5.74, 6) is -1.45. The van der Waals surface area contributed by atoms with Gasteiger partial charge in [0.05, 0.1) is 11.6 Å². The van der Waals surface area contributed by atoms with Crippen LogP contribution in [0.25, 0.3) is 5.70 Å². The number of carbonyl (C=O) groups is 3. The minimum atomic E-state index is -0.595. The van der Waals surface area contributed by atoms with E-state index in [-0.39, 0.29) is 11.7 Å². The van der Waals surface area contributed by atoms with Crippen LogP contribution in [-0.4, -0.2) is 35.8 Å². The third kappa shape index (κ3) is 2.17. The number of allylic oxidation sites excluding steroid dienone is 1. The third-order valence-electron chi connectivity index (χ3n) is 5.96. The molecule has 6 heteroatoms. The highest BCUT2D eigenvalue weighted by Gasteiger charge is 2.52. The number of nitrogens with one attached hydrogen (secondary N) is 2. The zero-order chi connectivity index (χ0) is 19.6. The summed E-state index contributed by atoms with van der Waals surface area (Å²) in [4.78, 5) is 39.9. The lowest BCUT2D eigenvalue weighted by Crippen LogP contribution is -2.66. The summed E-state index contributed by atoms with van der Waals surface area (Å²) in [6.45, 7) is 2.00. The second-order valence-electron chi connectivity index (χ2n) is 7.57. The molecule has 1 aliphatic carbocycles. The molecule has 2 N–H and O–H groups in total. The van der Waals surface area contributed by atoms with Crippen LogP contribution in [0.4, 0.5) is 4.79 Å². The van der Waals surface area contributed by atoms with Crippen molar-refractivity contribution in [3.05, 3.63) is 76.4 Å². The molecule has 3 atom stereocenters. The molecule has 3 aliphatic rings. The summed E-state index contributed by atoms with van der Waals surface area (Å²) in [5, 5.41) is 5.76. The van der Waals surface area contributed by atoms with Crippen LogP contribution < -0.4 is 10.6 Å². The van der Waals surface area contributed by atoms with Crippen molar-refractivity contribution in [1.29, 1.82) is 0 Å². The van der Waals surface area contributed by atoms with Crippen LogP contribution >= 0.6 is 0 Å². The van der Waals surface area contributed by atoms with Crippen molar-refractivity contribution < 1.29 is 14.4 Å². The molecule has 0 bridgehead atoms. The number of urea groups is 1. The van der Waals surface area contributed by atoms with Gasteiger partial charge in [-0.25, -0.2) is 4.79 Å². The number of rotatable bonds is 1. The van der Waals surface area contributed by atoms with Gasteiger partial charge < -0.3 is 10.2 Å². The SMILES string of the molecule is Cc1ccc(C2C3=C(NC4C2C(=O)NC(=O)N4C)c2ccccc2C3=O)cc1. The van der Waals surface area contributed by atoms with E-state index in [2.05, 4.69) is 10.6 Å². The van der Waals surface area contributed by atoms with E-state index in [1.165, 1.54) is 4.90 Å². The van der Waals surface area contributed by atoms with Crippen molar-refractivity contribution >= 4 is 23.4 Å². The number of nitrogens with zero attached hydrogens (tertiary/aromatic N) is 1. The first-order valence-electron chi connectivity index (χ1n) is 9.26. The van der Waals surface area contributed by atoms with Gasteiger partial charge in [-0.05, 0) is 12.5 Å². The summed E-state index contributed by atoms with van der Waals surface area (Å²) in [5.41, 5.74) is 4.78. The minimum Gasteiger partial charge on any atom is -0.364 e. The van der Waals surface area contributed by atoms with Crippen LogP contribution in [-0.2, 0) is 4.79 Å². The van der Waals surface area contributed by atoms with Crippen molar-refractivity contribution in [2.45, 2.75) is 19.0 Å². The summed E-state index contributed by atoms with van der Waals surface area (Å²) in [6, 6.07) is 14.9. The van der Waals surface area contributed by atoms with E-state index < -0.39 is 24.0 Å². The quantitative estimate of drug-likeness (QED) is 0.805. The predicted molar refractivity (Wildman–Crippen MR) is 103 cm³/mol. The Labute approximate surface area is 162 Å². The highest BCUT2D eigenvalue weighted by atomic mass is 16.2. The topological polar surface area (TPSA) is 78.5 Å². The standard InChI is InChI=1S/C22H19N3O3/c1-11-7-9-12(10-8-11)15-16-18(13-5-3-4-6-14(13)19(16)26)23-20-17(15)21(27)24-22(28)25(20)2/h3-10,15,17,20,23H,1-2H3,(H,24,27,28). The number of carbonyl (C=O) groups excluding carboxylic acids is 3. The van der Waals surface area contributed by atoms with Gasteiger partial charge in [-0.1, -0.05) is 54.1 Å². The Balaban J connectivity index is 1.74. The molecule has 1 saturated heterocycles. The molecule has 0 aromatic heterocycles. The number of benzene rings is 2. The van der Waals surface area contributed by atoms with Gasteiger partial charge >= 0.3 is 6.03 Å². The van der Waals surface area contributed by atoms with Crippen LogP contribution in [0.5, 0.6) is 0 Å². The van der Waals surface area contributed by atoms with E-state index in [4.69, 9.17) is 0 Å². The van der Waals surface area contributed by atoms with Crippen molar-refractivity contribution in [1.82, 2.24) is 15.5 Å². The molecular formula is C22H19N3O3. The molecular weight excluding hydrogens is 354 g/mol. The molecule has 0 saturated carbocycles. The van der Waals surface area contributed by atoms with E-state index in [0.717, 1.165) is 22.4 Å². The maximum absolute atomic E-state index is 13.3. The summed E-state index contributed by atoms with van der Waals surface area (Å²) in [7, 11) is 1.66. The second kappa shape index (κ2) is 5.79. The van der Waals surface area contributed by atoms with Crippen LogP contribution in [0.3, 0.4) is 0 Å². The molecule has 1 fully saturated rings.